The number of unbranched alkanes of at least 4 members (excludes halogenated alkanes) is 1. The summed E-state index contributed by atoms with van der Waals surface area (Å²) < 4.78 is 9.23. The fourth-order valence-electron chi connectivity index (χ4n) is 1.20. The zero-order chi connectivity index (χ0) is 24.8. The van der Waals surface area contributed by atoms with E-state index in [0.29, 0.717) is 6.61 Å². The number of rotatable bonds is 10. The Balaban J connectivity index is -0.000000416. The third-order valence-corrected chi connectivity index (χ3v) is 2.99. The minimum Gasteiger partial charge on any atom is -0.478 e. The second kappa shape index (κ2) is 20.8. The van der Waals surface area contributed by atoms with Gasteiger partial charge in [0, 0.05) is 23.3 Å². The molecule has 0 aromatic heterocycles. The van der Waals surface area contributed by atoms with Crippen LogP contribution >= 0.6 is 0 Å². The van der Waals surface area contributed by atoms with E-state index >= 15 is 0 Å². The van der Waals surface area contributed by atoms with Crippen LogP contribution in [0.15, 0.2) is 60.8 Å². The van der Waals surface area contributed by atoms with E-state index in [1.807, 2.05) is 6.92 Å². The average molecular weight is 435 g/mol. The Morgan fingerprint density at radius 1 is 1.13 bits per heavy atom. The fourth-order valence-corrected chi connectivity index (χ4v) is 1.20. The number of carboxylic acids is 2. The SMILES string of the molecule is C=C(C=CC#N)C(=O)OCCCC.C=C(CC=C(C)C(=O)O)C(=O)OC.C=CC(=O)O. The number of methoxy groups -OCH3 is 1. The first-order chi connectivity index (χ1) is 14.5. The molecule has 0 radical (unpaired) electrons. The lowest BCUT2D eigenvalue weighted by Gasteiger charge is -2.01. The molecule has 0 aliphatic carbocycles. The van der Waals surface area contributed by atoms with Crippen LogP contribution in [0.25, 0.3) is 0 Å². The molecule has 0 bridgehead atoms. The summed E-state index contributed by atoms with van der Waals surface area (Å²) >= 11 is 0. The van der Waals surface area contributed by atoms with Crippen LogP contribution in [0.5, 0.6) is 0 Å². The molecule has 0 fully saturated rings. The van der Waals surface area contributed by atoms with Crippen LogP contribution in [0, 0.1) is 11.3 Å². The Kier molecular flexibility index (Phi) is 21.3. The highest BCUT2D eigenvalue weighted by molar-refractivity contribution is 5.91. The number of esters is 2. The van der Waals surface area contributed by atoms with Crippen LogP contribution in [0.3, 0.4) is 0 Å². The maximum atomic E-state index is 11.0. The third-order valence-electron chi connectivity index (χ3n) is 2.99. The fraction of sp³-hybridized carbons (Fsp3) is 0.318. The molecule has 0 aliphatic rings. The van der Waals surface area contributed by atoms with E-state index in [0.717, 1.165) is 18.9 Å². The van der Waals surface area contributed by atoms with Crippen molar-refractivity contribution in [2.24, 2.45) is 0 Å². The molecule has 9 nitrogen and oxygen atoms in total. The van der Waals surface area contributed by atoms with Crippen molar-refractivity contribution in [1.82, 2.24) is 0 Å². The molecular formula is C22H29NO8. The molecule has 0 spiro atoms. The van der Waals surface area contributed by atoms with E-state index in [1.54, 1.807) is 6.07 Å². The Labute approximate surface area is 182 Å². The summed E-state index contributed by atoms with van der Waals surface area (Å²) in [4.78, 5) is 41.4. The third kappa shape index (κ3) is 22.2. The zero-order valence-corrected chi connectivity index (χ0v) is 18.1. The number of aliphatic carboxylic acids is 2. The number of nitrogens with zero attached hydrogens (tertiary/aromatic N) is 1. The predicted octanol–water partition coefficient (Wildman–Crippen LogP) is 3.36. The number of hydrogen-bond donors (Lipinski definition) is 2. The van der Waals surface area contributed by atoms with Crippen LogP contribution in [0.4, 0.5) is 0 Å². The van der Waals surface area contributed by atoms with E-state index in [4.69, 9.17) is 20.2 Å². The van der Waals surface area contributed by atoms with E-state index in [1.165, 1.54) is 32.3 Å². The molecule has 0 amide bonds. The van der Waals surface area contributed by atoms with Gasteiger partial charge in [0.1, 0.15) is 0 Å². The predicted molar refractivity (Wildman–Crippen MR) is 115 cm³/mol. The second-order valence-corrected chi connectivity index (χ2v) is 5.51. The van der Waals surface area contributed by atoms with Gasteiger partial charge < -0.3 is 19.7 Å². The number of carboxylic acid groups (broad SMARTS) is 2. The number of ether oxygens (including phenoxy) is 2. The molecule has 0 unspecified atom stereocenters. The van der Waals surface area contributed by atoms with Crippen molar-refractivity contribution in [2.45, 2.75) is 33.1 Å². The zero-order valence-electron chi connectivity index (χ0n) is 18.1. The number of allylic oxidation sites excluding steroid dienone is 2. The van der Waals surface area contributed by atoms with Gasteiger partial charge in [-0.3, -0.25) is 0 Å². The summed E-state index contributed by atoms with van der Waals surface area (Å²) in [5.41, 5.74) is 0.630. The highest BCUT2D eigenvalue weighted by atomic mass is 16.5. The van der Waals surface area contributed by atoms with Gasteiger partial charge in [-0.15, -0.1) is 0 Å². The van der Waals surface area contributed by atoms with Crippen molar-refractivity contribution >= 4 is 23.9 Å². The lowest BCUT2D eigenvalue weighted by molar-refractivity contribution is -0.139. The molecule has 170 valence electrons. The lowest BCUT2D eigenvalue weighted by Crippen LogP contribution is -2.06. The van der Waals surface area contributed by atoms with Crippen molar-refractivity contribution in [1.29, 1.82) is 5.26 Å². The summed E-state index contributed by atoms with van der Waals surface area (Å²) in [6, 6.07) is 1.77. The van der Waals surface area contributed by atoms with Gasteiger partial charge in [-0.05, 0) is 25.8 Å². The molecule has 31 heavy (non-hydrogen) atoms. The van der Waals surface area contributed by atoms with Crippen molar-refractivity contribution in [3.05, 3.63) is 60.8 Å². The van der Waals surface area contributed by atoms with Gasteiger partial charge in [-0.1, -0.05) is 39.2 Å². The molecule has 0 aromatic rings. The van der Waals surface area contributed by atoms with E-state index in [9.17, 15) is 19.2 Å². The van der Waals surface area contributed by atoms with Crippen molar-refractivity contribution in [3.63, 3.8) is 0 Å². The van der Waals surface area contributed by atoms with E-state index < -0.39 is 23.9 Å². The van der Waals surface area contributed by atoms with Gasteiger partial charge in [-0.25, -0.2) is 19.2 Å². The molecule has 0 saturated carbocycles. The van der Waals surface area contributed by atoms with Crippen LogP contribution < -0.4 is 0 Å². The number of nitriles is 1. The van der Waals surface area contributed by atoms with Gasteiger partial charge in [0.05, 0.1) is 25.4 Å². The van der Waals surface area contributed by atoms with Crippen LogP contribution in [0.1, 0.15) is 33.1 Å². The number of carbonyl (C=O) groups excluding carboxylic acids is 2. The molecule has 0 saturated heterocycles. The number of hydrogen-bond acceptors (Lipinski definition) is 7. The van der Waals surface area contributed by atoms with Gasteiger partial charge in [0.15, 0.2) is 0 Å². The van der Waals surface area contributed by atoms with Crippen LogP contribution in [-0.4, -0.2) is 47.8 Å². The van der Waals surface area contributed by atoms with Gasteiger partial charge in [0.25, 0.3) is 0 Å². The molecular weight excluding hydrogens is 406 g/mol. The summed E-state index contributed by atoms with van der Waals surface area (Å²) in [6.45, 7) is 13.7. The van der Waals surface area contributed by atoms with Crippen molar-refractivity contribution in [2.75, 3.05) is 13.7 Å². The highest BCUT2D eigenvalue weighted by Crippen LogP contribution is 2.04. The molecule has 0 aliphatic heterocycles. The Morgan fingerprint density at radius 3 is 2.06 bits per heavy atom. The maximum Gasteiger partial charge on any atom is 0.337 e. The minimum atomic E-state index is -1.00. The highest BCUT2D eigenvalue weighted by Gasteiger charge is 2.06. The summed E-state index contributed by atoms with van der Waals surface area (Å²) in [6.07, 6.45) is 6.82. The molecule has 0 heterocycles. The lowest BCUT2D eigenvalue weighted by atomic mass is 10.1. The standard InChI is InChI=1S/C10H13NO2.C9H12O4.C3H4O2/c1-3-4-8-13-10(12)9(2)6-5-7-11;1-6(8(10)11)4-5-7(2)9(12)13-3;1-2-3(4)5/h5-6H,2-4,8H2,1H3;4H,2,5H2,1,3H3,(H,10,11);2H,1H2,(H,4,5). The number of carbonyl (C=O) groups is 4. The Hall–Kier alpha value is -3.93. The van der Waals surface area contributed by atoms with Gasteiger partial charge >= 0.3 is 23.9 Å². The molecule has 0 aromatic carbocycles. The smallest absolute Gasteiger partial charge is 0.337 e. The minimum absolute atomic E-state index is 0.185. The van der Waals surface area contributed by atoms with Gasteiger partial charge in [-0.2, -0.15) is 5.26 Å². The quantitative estimate of drug-likeness (QED) is 0.173. The first-order valence-corrected chi connectivity index (χ1v) is 8.91. The Morgan fingerprint density at radius 2 is 1.68 bits per heavy atom. The van der Waals surface area contributed by atoms with Crippen molar-refractivity contribution in [3.8, 4) is 6.07 Å². The van der Waals surface area contributed by atoms with E-state index in [2.05, 4.69) is 24.5 Å². The second-order valence-electron chi connectivity index (χ2n) is 5.51. The molecule has 0 atom stereocenters. The molecule has 2 N–H and O–H groups in total. The molecule has 0 rings (SSSR count). The summed E-state index contributed by atoms with van der Waals surface area (Å²) in [5.74, 6) is -2.96. The van der Waals surface area contributed by atoms with Gasteiger partial charge in [0.2, 0.25) is 0 Å². The first-order valence-electron chi connectivity index (χ1n) is 8.91. The summed E-state index contributed by atoms with van der Waals surface area (Å²) in [5, 5.41) is 24.3. The average Bonchev–Trinajstić information content (AvgIpc) is 2.75. The van der Waals surface area contributed by atoms with E-state index in [-0.39, 0.29) is 23.1 Å². The van der Waals surface area contributed by atoms with Crippen LogP contribution in [0.2, 0.25) is 0 Å². The largest absolute Gasteiger partial charge is 0.478 e. The topological polar surface area (TPSA) is 151 Å². The summed E-state index contributed by atoms with van der Waals surface area (Å²) in [7, 11) is 1.25. The van der Waals surface area contributed by atoms with Crippen molar-refractivity contribution < 1.29 is 38.9 Å². The monoisotopic (exact) mass is 435 g/mol. The van der Waals surface area contributed by atoms with Crippen LogP contribution in [-0.2, 0) is 28.7 Å². The normalized spacial score (nSPS) is 9.55. The maximum absolute atomic E-state index is 11.0. The first kappa shape index (κ1) is 31.8. The molecule has 9 heteroatoms. The Bertz CT molecular complexity index is 754.